The van der Waals surface area contributed by atoms with Crippen molar-refractivity contribution in [2.75, 3.05) is 33.0 Å². The third-order valence-corrected chi connectivity index (χ3v) is 1.49. The van der Waals surface area contributed by atoms with Gasteiger partial charge in [0.2, 0.25) is 0 Å². The first-order valence-corrected chi connectivity index (χ1v) is 4.25. The number of aliphatic hydroxyl groups excluding tert-OH is 3. The van der Waals surface area contributed by atoms with Crippen molar-refractivity contribution in [3.8, 4) is 0 Å². The van der Waals surface area contributed by atoms with Gasteiger partial charge < -0.3 is 20.1 Å². The predicted octanol–water partition coefficient (Wildman–Crippen LogP) is -0.624. The molecular formula is C8H18O4. The van der Waals surface area contributed by atoms with Gasteiger partial charge in [-0.15, -0.1) is 0 Å². The van der Waals surface area contributed by atoms with Crippen LogP contribution in [0.5, 0.6) is 0 Å². The van der Waals surface area contributed by atoms with E-state index in [1.165, 1.54) is 0 Å². The molecule has 1 aliphatic rings. The highest BCUT2D eigenvalue weighted by Gasteiger charge is 2.03. The second-order valence-corrected chi connectivity index (χ2v) is 2.71. The van der Waals surface area contributed by atoms with E-state index < -0.39 is 0 Å². The van der Waals surface area contributed by atoms with Crippen molar-refractivity contribution in [1.82, 2.24) is 0 Å². The molecule has 0 aliphatic carbocycles. The van der Waals surface area contributed by atoms with Crippen LogP contribution in [0, 0.1) is 5.92 Å². The van der Waals surface area contributed by atoms with Gasteiger partial charge in [0.1, 0.15) is 0 Å². The molecule has 1 fully saturated rings. The highest BCUT2D eigenvalue weighted by atomic mass is 16.6. The number of epoxide rings is 1. The first-order valence-electron chi connectivity index (χ1n) is 4.25. The zero-order valence-corrected chi connectivity index (χ0v) is 7.28. The zero-order chi connectivity index (χ0) is 9.23. The minimum Gasteiger partial charge on any atom is -0.396 e. The smallest absolute Gasteiger partial charge is 0.0701 e. The summed E-state index contributed by atoms with van der Waals surface area (Å²) in [4.78, 5) is 0. The van der Waals surface area contributed by atoms with E-state index in [0.717, 1.165) is 13.2 Å². The van der Waals surface area contributed by atoms with Crippen molar-refractivity contribution in [1.29, 1.82) is 0 Å². The van der Waals surface area contributed by atoms with Gasteiger partial charge in [0.05, 0.1) is 13.2 Å². The van der Waals surface area contributed by atoms with Crippen LogP contribution >= 0.6 is 0 Å². The SMILES string of the molecule is C1CO1.OCCCC(CO)CO. The van der Waals surface area contributed by atoms with Crippen LogP contribution in [0.3, 0.4) is 0 Å². The van der Waals surface area contributed by atoms with E-state index in [1.54, 1.807) is 0 Å². The molecule has 0 aromatic heterocycles. The Hall–Kier alpha value is -0.160. The van der Waals surface area contributed by atoms with Crippen molar-refractivity contribution < 1.29 is 20.1 Å². The molecule has 0 aromatic rings. The molecule has 0 aromatic carbocycles. The maximum Gasteiger partial charge on any atom is 0.0701 e. The van der Waals surface area contributed by atoms with E-state index >= 15 is 0 Å². The Balaban J connectivity index is 0.000000330. The van der Waals surface area contributed by atoms with Crippen LogP contribution in [0.2, 0.25) is 0 Å². The normalized spacial score (nSPS) is 14.0. The fraction of sp³-hybridized carbons (Fsp3) is 1.00. The second kappa shape index (κ2) is 8.93. The molecule has 1 aliphatic heterocycles. The lowest BCUT2D eigenvalue weighted by Crippen LogP contribution is -2.11. The summed E-state index contributed by atoms with van der Waals surface area (Å²) in [5.74, 6) is -0.0443. The van der Waals surface area contributed by atoms with E-state index in [-0.39, 0.29) is 25.7 Å². The van der Waals surface area contributed by atoms with Crippen molar-refractivity contribution in [3.63, 3.8) is 0 Å². The van der Waals surface area contributed by atoms with Crippen LogP contribution in [0.15, 0.2) is 0 Å². The molecule has 1 heterocycles. The molecule has 0 radical (unpaired) electrons. The average Bonchev–Trinajstić information content (AvgIpc) is 2.93. The second-order valence-electron chi connectivity index (χ2n) is 2.71. The lowest BCUT2D eigenvalue weighted by molar-refractivity contribution is 0.136. The summed E-state index contributed by atoms with van der Waals surface area (Å²) in [6.07, 6.45) is 1.36. The maximum absolute atomic E-state index is 8.51. The number of hydrogen-bond acceptors (Lipinski definition) is 4. The standard InChI is InChI=1S/C6H14O3.C2H4O/c7-3-1-2-6(4-8)5-9;1-2-3-1/h6-9H,1-5H2;1-2H2. The first-order chi connectivity index (χ1) is 5.85. The van der Waals surface area contributed by atoms with Gasteiger partial charge in [-0.1, -0.05) is 0 Å². The third kappa shape index (κ3) is 9.84. The van der Waals surface area contributed by atoms with Crippen LogP contribution in [0.4, 0.5) is 0 Å². The van der Waals surface area contributed by atoms with Gasteiger partial charge in [0.15, 0.2) is 0 Å². The van der Waals surface area contributed by atoms with Gasteiger partial charge in [0, 0.05) is 25.7 Å². The molecule has 12 heavy (non-hydrogen) atoms. The Bertz CT molecular complexity index is 78.4. The van der Waals surface area contributed by atoms with E-state index in [4.69, 9.17) is 15.3 Å². The van der Waals surface area contributed by atoms with E-state index in [2.05, 4.69) is 4.74 Å². The number of aliphatic hydroxyl groups is 3. The van der Waals surface area contributed by atoms with Crippen LogP contribution in [-0.4, -0.2) is 48.4 Å². The Kier molecular flexibility index (Phi) is 8.81. The highest BCUT2D eigenvalue weighted by molar-refractivity contribution is 4.53. The first kappa shape index (κ1) is 11.8. The number of rotatable bonds is 5. The van der Waals surface area contributed by atoms with Crippen LogP contribution in [-0.2, 0) is 4.74 Å². The van der Waals surface area contributed by atoms with Crippen molar-refractivity contribution in [2.24, 2.45) is 5.92 Å². The number of ether oxygens (including phenoxy) is 1. The van der Waals surface area contributed by atoms with Gasteiger partial charge in [0.25, 0.3) is 0 Å². The number of hydrogen-bond donors (Lipinski definition) is 3. The summed E-state index contributed by atoms with van der Waals surface area (Å²) in [7, 11) is 0. The molecule has 4 nitrogen and oxygen atoms in total. The monoisotopic (exact) mass is 178 g/mol. The summed E-state index contributed by atoms with van der Waals surface area (Å²) in [6.45, 7) is 2.16. The largest absolute Gasteiger partial charge is 0.396 e. The summed E-state index contributed by atoms with van der Waals surface area (Å²) in [6, 6.07) is 0. The molecule has 4 heteroatoms. The fourth-order valence-electron chi connectivity index (χ4n) is 0.620. The molecule has 0 amide bonds. The quantitative estimate of drug-likeness (QED) is 0.490. The minimum absolute atomic E-state index is 0.0104. The summed E-state index contributed by atoms with van der Waals surface area (Å²) >= 11 is 0. The van der Waals surface area contributed by atoms with Crippen molar-refractivity contribution >= 4 is 0 Å². The Morgan fingerprint density at radius 1 is 1.08 bits per heavy atom. The van der Waals surface area contributed by atoms with Crippen LogP contribution < -0.4 is 0 Å². The summed E-state index contributed by atoms with van der Waals surface area (Å²) in [5, 5.41) is 25.4. The Labute approximate surface area is 72.8 Å². The molecule has 74 valence electrons. The molecule has 3 N–H and O–H groups in total. The zero-order valence-electron chi connectivity index (χ0n) is 7.28. The molecule has 0 atom stereocenters. The van der Waals surface area contributed by atoms with Gasteiger partial charge in [-0.3, -0.25) is 0 Å². The fourth-order valence-corrected chi connectivity index (χ4v) is 0.620. The van der Waals surface area contributed by atoms with Crippen molar-refractivity contribution in [3.05, 3.63) is 0 Å². The van der Waals surface area contributed by atoms with Crippen molar-refractivity contribution in [2.45, 2.75) is 12.8 Å². The Morgan fingerprint density at radius 3 is 1.83 bits per heavy atom. The summed E-state index contributed by atoms with van der Waals surface area (Å²) < 4.78 is 4.50. The lowest BCUT2D eigenvalue weighted by Gasteiger charge is -2.07. The predicted molar refractivity (Wildman–Crippen MR) is 44.8 cm³/mol. The van der Waals surface area contributed by atoms with Gasteiger partial charge in [-0.2, -0.15) is 0 Å². The minimum atomic E-state index is -0.0443. The molecular weight excluding hydrogens is 160 g/mol. The van der Waals surface area contributed by atoms with Gasteiger partial charge >= 0.3 is 0 Å². The lowest BCUT2D eigenvalue weighted by atomic mass is 10.1. The van der Waals surface area contributed by atoms with Crippen LogP contribution in [0.25, 0.3) is 0 Å². The Morgan fingerprint density at radius 2 is 1.58 bits per heavy atom. The average molecular weight is 178 g/mol. The van der Waals surface area contributed by atoms with Gasteiger partial charge in [-0.05, 0) is 12.8 Å². The van der Waals surface area contributed by atoms with Gasteiger partial charge in [-0.25, -0.2) is 0 Å². The molecule has 0 unspecified atom stereocenters. The molecule has 1 rings (SSSR count). The molecule has 0 bridgehead atoms. The van der Waals surface area contributed by atoms with E-state index in [1.807, 2.05) is 0 Å². The third-order valence-electron chi connectivity index (χ3n) is 1.49. The molecule has 0 spiro atoms. The van der Waals surface area contributed by atoms with Crippen LogP contribution in [0.1, 0.15) is 12.8 Å². The van der Waals surface area contributed by atoms with E-state index in [9.17, 15) is 0 Å². The molecule has 1 saturated heterocycles. The topological polar surface area (TPSA) is 73.2 Å². The maximum atomic E-state index is 8.51. The molecule has 0 saturated carbocycles. The highest BCUT2D eigenvalue weighted by Crippen LogP contribution is 2.02. The van der Waals surface area contributed by atoms with E-state index in [0.29, 0.717) is 12.8 Å². The summed E-state index contributed by atoms with van der Waals surface area (Å²) in [5.41, 5.74) is 0.